The Morgan fingerprint density at radius 2 is 1.51 bits per heavy atom. The summed E-state index contributed by atoms with van der Waals surface area (Å²) in [5.41, 5.74) is 19.0. The second-order valence-corrected chi connectivity index (χ2v) is 16.6. The van der Waals surface area contributed by atoms with Gasteiger partial charge in [-0.15, -0.1) is 0 Å². The average molecular weight is 898 g/mol. The van der Waals surface area contributed by atoms with Crippen LogP contribution in [0, 0.1) is 5.41 Å². The standard InChI is InChI=1S/C45H63N13O7/c1-27(59)53-35(24-28-12-3-2-4-13-28)41(62)56-34-18-10-21-50-39(60)32(17-9-22-51-45(48)49)54-42(63)36(25-29-26-52-31-15-6-5-14-30(29)31)57-40(61)33(16-7-8-20-38(46)47)55-43(64)37-19-11-23-58(37)44(34)65/h2-6,12-15,26,32-37,52H,7-11,16-25H2,1H3,(H3,46,47)(H,50,60)(H,53,59)(H,54,63)(H,55,64)(H,56,62)(H,57,61)(H4,48,49,51)/t32-,33+,34-,35-,36-,37-/m0/s1. The lowest BCUT2D eigenvalue weighted by molar-refractivity contribution is -0.142. The van der Waals surface area contributed by atoms with E-state index in [1.165, 1.54) is 11.8 Å². The molecule has 350 valence electrons. The Morgan fingerprint density at radius 1 is 0.831 bits per heavy atom. The number of nitrogens with zero attached hydrogens (tertiary/aromatic N) is 2. The van der Waals surface area contributed by atoms with E-state index in [1.807, 2.05) is 54.6 Å². The number of aromatic amines is 1. The van der Waals surface area contributed by atoms with Crippen LogP contribution in [-0.4, -0.2) is 119 Å². The number of benzene rings is 2. The zero-order valence-electron chi connectivity index (χ0n) is 36.8. The van der Waals surface area contributed by atoms with Gasteiger partial charge in [-0.3, -0.25) is 44.0 Å². The number of carbonyl (C=O) groups is 7. The zero-order chi connectivity index (χ0) is 46.9. The van der Waals surface area contributed by atoms with Gasteiger partial charge in [0.05, 0.1) is 5.84 Å². The fourth-order valence-electron chi connectivity index (χ4n) is 8.23. The van der Waals surface area contributed by atoms with Crippen LogP contribution in [0.1, 0.15) is 82.3 Å². The van der Waals surface area contributed by atoms with Crippen molar-refractivity contribution in [2.75, 3.05) is 19.6 Å². The normalized spacial score (nSPS) is 21.6. The summed E-state index contributed by atoms with van der Waals surface area (Å²) in [6.45, 7) is 1.71. The first-order valence-electron chi connectivity index (χ1n) is 22.2. The quantitative estimate of drug-likeness (QED) is 0.0513. The summed E-state index contributed by atoms with van der Waals surface area (Å²) in [5, 5.41) is 25.4. The maximum atomic E-state index is 14.5. The van der Waals surface area contributed by atoms with Gasteiger partial charge in [0.2, 0.25) is 41.4 Å². The van der Waals surface area contributed by atoms with Crippen LogP contribution >= 0.6 is 0 Å². The van der Waals surface area contributed by atoms with Crippen molar-refractivity contribution in [3.63, 3.8) is 0 Å². The molecule has 0 spiro atoms. The molecule has 14 N–H and O–H groups in total. The summed E-state index contributed by atoms with van der Waals surface area (Å²) in [6, 6.07) is 9.91. The Morgan fingerprint density at radius 3 is 2.25 bits per heavy atom. The Bertz CT molecular complexity index is 2190. The highest BCUT2D eigenvalue weighted by molar-refractivity contribution is 5.98. The van der Waals surface area contributed by atoms with Crippen molar-refractivity contribution in [1.82, 2.24) is 41.8 Å². The lowest BCUT2D eigenvalue weighted by Crippen LogP contribution is -2.60. The zero-order valence-corrected chi connectivity index (χ0v) is 36.8. The van der Waals surface area contributed by atoms with Gasteiger partial charge in [-0.25, -0.2) is 0 Å². The number of fused-ring (bicyclic) bond motifs is 2. The summed E-state index contributed by atoms with van der Waals surface area (Å²) in [6.07, 6.45) is 4.57. The number of aliphatic imine (C=N–C) groups is 1. The molecular weight excluding hydrogens is 835 g/mol. The molecule has 0 aliphatic carbocycles. The molecule has 3 heterocycles. The summed E-state index contributed by atoms with van der Waals surface area (Å²) in [7, 11) is 0. The highest BCUT2D eigenvalue weighted by Gasteiger charge is 2.40. The molecule has 2 fully saturated rings. The summed E-state index contributed by atoms with van der Waals surface area (Å²) in [4.78, 5) is 106. The van der Waals surface area contributed by atoms with E-state index in [-0.39, 0.29) is 82.8 Å². The Labute approximate surface area is 377 Å². The van der Waals surface area contributed by atoms with E-state index >= 15 is 0 Å². The number of amides is 7. The van der Waals surface area contributed by atoms with Gasteiger partial charge >= 0.3 is 0 Å². The second-order valence-electron chi connectivity index (χ2n) is 16.6. The number of para-hydroxylation sites is 1. The van der Waals surface area contributed by atoms with E-state index in [4.69, 9.17) is 22.6 Å². The number of unbranched alkanes of at least 4 members (excludes halogenated alkanes) is 1. The van der Waals surface area contributed by atoms with Gasteiger partial charge < -0.3 is 59.0 Å². The van der Waals surface area contributed by atoms with E-state index < -0.39 is 77.6 Å². The number of nitrogens with one attached hydrogen (secondary N) is 8. The summed E-state index contributed by atoms with van der Waals surface area (Å²) >= 11 is 0. The van der Waals surface area contributed by atoms with Gasteiger partial charge in [-0.05, 0) is 68.6 Å². The SMILES string of the molecule is CC(=O)N[C@@H](Cc1ccccc1)C(=O)N[C@H]1CCCNC(=O)[C@H](CCCN=C(N)N)NC(=O)[C@H](Cc2c[nH]c3ccccc23)NC(=O)[C@@H](CCCCC(=N)N)NC(=O)[C@@H]2CCCN2C1=O. The van der Waals surface area contributed by atoms with Gasteiger partial charge in [0.1, 0.15) is 36.3 Å². The molecule has 20 nitrogen and oxygen atoms in total. The van der Waals surface area contributed by atoms with Crippen LogP contribution in [0.25, 0.3) is 10.9 Å². The number of aromatic nitrogens is 1. The smallest absolute Gasteiger partial charge is 0.245 e. The van der Waals surface area contributed by atoms with Crippen molar-refractivity contribution in [3.05, 3.63) is 71.9 Å². The molecule has 2 saturated heterocycles. The molecule has 2 aliphatic rings. The molecule has 0 unspecified atom stereocenters. The number of nitrogens with two attached hydrogens (primary N) is 3. The minimum Gasteiger partial charge on any atom is -0.388 e. The average Bonchev–Trinajstić information content (AvgIpc) is 3.93. The molecule has 0 saturated carbocycles. The molecule has 65 heavy (non-hydrogen) atoms. The first-order chi connectivity index (χ1) is 31.2. The monoisotopic (exact) mass is 897 g/mol. The lowest BCUT2D eigenvalue weighted by atomic mass is 10.0. The fourth-order valence-corrected chi connectivity index (χ4v) is 8.23. The summed E-state index contributed by atoms with van der Waals surface area (Å²) < 4.78 is 0. The van der Waals surface area contributed by atoms with Gasteiger partial charge in [0.25, 0.3) is 0 Å². The van der Waals surface area contributed by atoms with Crippen LogP contribution in [0.3, 0.4) is 0 Å². The third-order valence-corrected chi connectivity index (χ3v) is 11.5. The van der Waals surface area contributed by atoms with Gasteiger partial charge in [-0.1, -0.05) is 55.0 Å². The molecule has 5 rings (SSSR count). The minimum atomic E-state index is -1.21. The maximum absolute atomic E-state index is 14.5. The van der Waals surface area contributed by atoms with Gasteiger partial charge in [0, 0.05) is 62.9 Å². The molecule has 20 heteroatoms. The Kier molecular flexibility index (Phi) is 18.2. The first kappa shape index (κ1) is 49.0. The van der Waals surface area contributed by atoms with Crippen molar-refractivity contribution in [2.45, 2.75) is 120 Å². The molecule has 2 aromatic carbocycles. The maximum Gasteiger partial charge on any atom is 0.245 e. The molecule has 3 aromatic rings. The van der Waals surface area contributed by atoms with E-state index in [2.05, 4.69) is 41.9 Å². The highest BCUT2D eigenvalue weighted by Crippen LogP contribution is 2.22. The van der Waals surface area contributed by atoms with Gasteiger partial charge in [0.15, 0.2) is 5.96 Å². The largest absolute Gasteiger partial charge is 0.388 e. The highest BCUT2D eigenvalue weighted by atomic mass is 16.2. The molecule has 1 aromatic heterocycles. The van der Waals surface area contributed by atoms with E-state index in [1.54, 1.807) is 6.20 Å². The number of H-pyrrole nitrogens is 1. The number of carbonyl (C=O) groups excluding carboxylic acids is 7. The van der Waals surface area contributed by atoms with Crippen molar-refractivity contribution in [3.8, 4) is 0 Å². The van der Waals surface area contributed by atoms with Crippen molar-refractivity contribution >= 4 is 64.0 Å². The van der Waals surface area contributed by atoms with Gasteiger partial charge in [-0.2, -0.15) is 0 Å². The van der Waals surface area contributed by atoms with Crippen LogP contribution in [0.2, 0.25) is 0 Å². The van der Waals surface area contributed by atoms with E-state index in [0.717, 1.165) is 22.0 Å². The number of rotatable bonds is 16. The predicted molar refractivity (Wildman–Crippen MR) is 245 cm³/mol. The molecule has 0 bridgehead atoms. The third-order valence-electron chi connectivity index (χ3n) is 11.5. The minimum absolute atomic E-state index is 0.0271. The van der Waals surface area contributed by atoms with Crippen molar-refractivity contribution in [2.24, 2.45) is 22.2 Å². The predicted octanol–water partition coefficient (Wildman–Crippen LogP) is -0.152. The van der Waals surface area contributed by atoms with Crippen LogP contribution in [0.15, 0.2) is 65.8 Å². The topological polar surface area (TPSA) is 325 Å². The second kappa shape index (κ2) is 24.2. The summed E-state index contributed by atoms with van der Waals surface area (Å²) in [5.74, 6) is -4.17. The van der Waals surface area contributed by atoms with Crippen LogP contribution < -0.4 is 49.1 Å². The molecule has 7 amide bonds. The molecule has 0 radical (unpaired) electrons. The van der Waals surface area contributed by atoms with Crippen molar-refractivity contribution in [1.29, 1.82) is 5.41 Å². The fraction of sp³-hybridized carbons (Fsp3) is 0.489. The number of amidine groups is 1. The van der Waals surface area contributed by atoms with Crippen LogP contribution in [0.5, 0.6) is 0 Å². The third kappa shape index (κ3) is 14.8. The first-order valence-corrected chi connectivity index (χ1v) is 22.2. The van der Waals surface area contributed by atoms with E-state index in [9.17, 15) is 33.6 Å². The molecular formula is C45H63N13O7. The molecule has 2 aliphatic heterocycles. The molecule has 6 atom stereocenters. The Balaban J connectivity index is 1.47. The number of hydrogen-bond acceptors (Lipinski definition) is 9. The van der Waals surface area contributed by atoms with Crippen LogP contribution in [-0.2, 0) is 46.4 Å². The van der Waals surface area contributed by atoms with Crippen molar-refractivity contribution < 1.29 is 33.6 Å². The Hall–Kier alpha value is -6.99. The number of guanidine groups is 1. The lowest BCUT2D eigenvalue weighted by Gasteiger charge is -2.31. The number of hydrogen-bond donors (Lipinski definition) is 11. The van der Waals surface area contributed by atoms with E-state index in [0.29, 0.717) is 25.7 Å². The van der Waals surface area contributed by atoms with Crippen LogP contribution in [0.4, 0.5) is 0 Å².